The third-order valence-corrected chi connectivity index (χ3v) is 4.73. The van der Waals surface area contributed by atoms with E-state index in [-0.39, 0.29) is 16.3 Å². The van der Waals surface area contributed by atoms with Crippen molar-refractivity contribution >= 4 is 38.9 Å². The van der Waals surface area contributed by atoms with Crippen LogP contribution in [-0.4, -0.2) is 26.2 Å². The van der Waals surface area contributed by atoms with E-state index in [4.69, 9.17) is 11.6 Å². The zero-order chi connectivity index (χ0) is 20.2. The number of halogens is 4. The number of hydrazone groups is 1. The van der Waals surface area contributed by atoms with Crippen molar-refractivity contribution in [2.45, 2.75) is 18.0 Å². The van der Waals surface area contributed by atoms with Gasteiger partial charge in [-0.15, -0.1) is 0 Å². The summed E-state index contributed by atoms with van der Waals surface area (Å²) >= 11 is 5.71. The molecular weight excluding hydrogens is 407 g/mol. The van der Waals surface area contributed by atoms with Gasteiger partial charge in [0.25, 0.3) is 10.0 Å². The maximum atomic E-state index is 12.3. The molecule has 0 saturated carbocycles. The summed E-state index contributed by atoms with van der Waals surface area (Å²) in [6.07, 6.45) is -5.02. The first kappa shape index (κ1) is 20.7. The Morgan fingerprint density at radius 1 is 1.11 bits per heavy atom. The molecule has 2 aromatic rings. The minimum Gasteiger partial charge on any atom is -0.318 e. The number of carbonyl (C=O) groups excluding carboxylic acids is 1. The normalized spacial score (nSPS) is 12.6. The van der Waals surface area contributed by atoms with Gasteiger partial charge in [0.05, 0.1) is 10.6 Å². The van der Waals surface area contributed by atoms with Gasteiger partial charge in [0.15, 0.2) is 0 Å². The molecule has 2 N–H and O–H groups in total. The standard InChI is InChI=1S/C16H13ClF3N3O3S/c1-10(22-23-27(25,26)14-7-5-12(17)6-8-14)11-3-2-4-13(9-11)21-15(24)16(18,19)20/h2-9,23H,1H3,(H,21,24)/b22-10+. The monoisotopic (exact) mass is 419 g/mol. The van der Waals surface area contributed by atoms with Crippen molar-refractivity contribution in [2.75, 3.05) is 5.32 Å². The van der Waals surface area contributed by atoms with Crippen molar-refractivity contribution in [1.29, 1.82) is 0 Å². The van der Waals surface area contributed by atoms with Gasteiger partial charge in [0, 0.05) is 10.7 Å². The highest BCUT2D eigenvalue weighted by molar-refractivity contribution is 7.89. The molecule has 144 valence electrons. The van der Waals surface area contributed by atoms with Crippen LogP contribution < -0.4 is 10.1 Å². The van der Waals surface area contributed by atoms with Crippen molar-refractivity contribution in [2.24, 2.45) is 5.10 Å². The summed E-state index contributed by atoms with van der Waals surface area (Å²) < 4.78 is 61.3. The van der Waals surface area contributed by atoms with E-state index in [1.54, 1.807) is 5.32 Å². The molecule has 27 heavy (non-hydrogen) atoms. The smallest absolute Gasteiger partial charge is 0.318 e. The van der Waals surface area contributed by atoms with Crippen LogP contribution in [0.3, 0.4) is 0 Å². The third kappa shape index (κ3) is 5.69. The van der Waals surface area contributed by atoms with Crippen LogP contribution in [0.1, 0.15) is 12.5 Å². The largest absolute Gasteiger partial charge is 0.471 e. The van der Waals surface area contributed by atoms with Gasteiger partial charge in [-0.2, -0.15) is 31.5 Å². The predicted molar refractivity (Wildman–Crippen MR) is 95.1 cm³/mol. The van der Waals surface area contributed by atoms with Crippen molar-refractivity contribution in [1.82, 2.24) is 4.83 Å². The average molecular weight is 420 g/mol. The molecule has 0 heterocycles. The molecule has 6 nitrogen and oxygen atoms in total. The Morgan fingerprint density at radius 3 is 2.33 bits per heavy atom. The Morgan fingerprint density at radius 2 is 1.74 bits per heavy atom. The summed E-state index contributed by atoms with van der Waals surface area (Å²) in [4.78, 5) is 13.0. The van der Waals surface area contributed by atoms with Crippen molar-refractivity contribution in [3.05, 3.63) is 59.1 Å². The Kier molecular flexibility index (Phi) is 6.11. The van der Waals surface area contributed by atoms with Crippen LogP contribution >= 0.6 is 11.6 Å². The van der Waals surface area contributed by atoms with Crippen LogP contribution in [0.5, 0.6) is 0 Å². The lowest BCUT2D eigenvalue weighted by molar-refractivity contribution is -0.167. The Labute approximate surface area is 158 Å². The first-order valence-corrected chi connectivity index (χ1v) is 9.15. The number of sulfonamides is 1. The van der Waals surface area contributed by atoms with E-state index >= 15 is 0 Å². The topological polar surface area (TPSA) is 87.6 Å². The van der Waals surface area contributed by atoms with Gasteiger partial charge in [-0.3, -0.25) is 4.79 Å². The summed E-state index contributed by atoms with van der Waals surface area (Å²) in [7, 11) is -3.94. The molecule has 0 atom stereocenters. The Balaban J connectivity index is 2.17. The van der Waals surface area contributed by atoms with Crippen molar-refractivity contribution < 1.29 is 26.4 Å². The molecule has 0 fully saturated rings. The molecule has 1 amide bonds. The molecular formula is C16H13ClF3N3O3S. The van der Waals surface area contributed by atoms with E-state index in [0.29, 0.717) is 10.6 Å². The predicted octanol–water partition coefficient (Wildman–Crippen LogP) is 3.54. The van der Waals surface area contributed by atoms with Gasteiger partial charge in [-0.25, -0.2) is 0 Å². The van der Waals surface area contributed by atoms with Gasteiger partial charge in [-0.1, -0.05) is 23.7 Å². The number of benzene rings is 2. The van der Waals surface area contributed by atoms with E-state index in [9.17, 15) is 26.4 Å². The lowest BCUT2D eigenvalue weighted by Gasteiger charge is -2.09. The molecule has 2 aromatic carbocycles. The number of hydrogen-bond donors (Lipinski definition) is 2. The van der Waals surface area contributed by atoms with Crippen LogP contribution in [0.4, 0.5) is 18.9 Å². The number of carbonyl (C=O) groups is 1. The van der Waals surface area contributed by atoms with Crippen LogP contribution in [0.15, 0.2) is 58.5 Å². The Hall–Kier alpha value is -2.59. The van der Waals surface area contributed by atoms with Crippen LogP contribution in [0, 0.1) is 0 Å². The lowest BCUT2D eigenvalue weighted by atomic mass is 10.1. The van der Waals surface area contributed by atoms with E-state index in [1.807, 2.05) is 4.83 Å². The van der Waals surface area contributed by atoms with Gasteiger partial charge >= 0.3 is 12.1 Å². The fourth-order valence-electron chi connectivity index (χ4n) is 1.88. The summed E-state index contributed by atoms with van der Waals surface area (Å²) in [5.41, 5.74) is 0.384. The van der Waals surface area contributed by atoms with Gasteiger partial charge < -0.3 is 5.32 Å². The van der Waals surface area contributed by atoms with Gasteiger partial charge in [-0.05, 0) is 48.9 Å². The summed E-state index contributed by atoms with van der Waals surface area (Å²) in [6.45, 7) is 1.45. The molecule has 0 aliphatic carbocycles. The summed E-state index contributed by atoms with van der Waals surface area (Å²) in [6, 6.07) is 10.8. The molecule has 0 radical (unpaired) electrons. The van der Waals surface area contributed by atoms with E-state index in [1.165, 1.54) is 55.5 Å². The number of hydrogen-bond acceptors (Lipinski definition) is 4. The fraction of sp³-hybridized carbons (Fsp3) is 0.125. The molecule has 0 spiro atoms. The van der Waals surface area contributed by atoms with E-state index in [2.05, 4.69) is 5.10 Å². The second-order valence-electron chi connectivity index (χ2n) is 5.28. The number of rotatable bonds is 5. The van der Waals surface area contributed by atoms with Gasteiger partial charge in [0.2, 0.25) is 0 Å². The SMILES string of the molecule is C/C(=N\NS(=O)(=O)c1ccc(Cl)cc1)c1cccc(NC(=O)C(F)(F)F)c1. The minimum atomic E-state index is -5.02. The maximum Gasteiger partial charge on any atom is 0.471 e. The zero-order valence-corrected chi connectivity index (χ0v) is 15.3. The number of nitrogens with one attached hydrogen (secondary N) is 2. The maximum absolute atomic E-state index is 12.3. The molecule has 0 aliphatic rings. The summed E-state index contributed by atoms with van der Waals surface area (Å²) in [5.74, 6) is -2.11. The highest BCUT2D eigenvalue weighted by Gasteiger charge is 2.38. The quantitative estimate of drug-likeness (QED) is 0.574. The van der Waals surface area contributed by atoms with E-state index in [0.717, 1.165) is 0 Å². The van der Waals surface area contributed by atoms with Crippen LogP contribution in [0.2, 0.25) is 5.02 Å². The number of alkyl halides is 3. The highest BCUT2D eigenvalue weighted by atomic mass is 35.5. The van der Waals surface area contributed by atoms with Crippen LogP contribution in [-0.2, 0) is 14.8 Å². The number of anilines is 1. The van der Waals surface area contributed by atoms with Crippen molar-refractivity contribution in [3.63, 3.8) is 0 Å². The Bertz CT molecular complexity index is 974. The number of amides is 1. The number of nitrogens with zero attached hydrogens (tertiary/aromatic N) is 1. The molecule has 0 saturated heterocycles. The average Bonchev–Trinajstić information content (AvgIpc) is 2.59. The molecule has 0 aromatic heterocycles. The summed E-state index contributed by atoms with van der Waals surface area (Å²) in [5, 5.41) is 5.82. The molecule has 0 aliphatic heterocycles. The molecule has 2 rings (SSSR count). The van der Waals surface area contributed by atoms with E-state index < -0.39 is 22.1 Å². The zero-order valence-electron chi connectivity index (χ0n) is 13.7. The highest BCUT2D eigenvalue weighted by Crippen LogP contribution is 2.19. The van der Waals surface area contributed by atoms with Crippen LogP contribution in [0.25, 0.3) is 0 Å². The second kappa shape index (κ2) is 7.97. The minimum absolute atomic E-state index is 0.0605. The molecule has 0 unspecified atom stereocenters. The first-order chi connectivity index (χ1) is 12.5. The first-order valence-electron chi connectivity index (χ1n) is 7.29. The third-order valence-electron chi connectivity index (χ3n) is 3.25. The fourth-order valence-corrected chi connectivity index (χ4v) is 2.87. The lowest BCUT2D eigenvalue weighted by Crippen LogP contribution is -2.29. The molecule has 0 bridgehead atoms. The van der Waals surface area contributed by atoms with Crippen molar-refractivity contribution in [3.8, 4) is 0 Å². The molecule has 11 heteroatoms. The van der Waals surface area contributed by atoms with Gasteiger partial charge in [0.1, 0.15) is 0 Å². The second-order valence-corrected chi connectivity index (χ2v) is 7.38.